The second kappa shape index (κ2) is 8.42. The Morgan fingerprint density at radius 3 is 2.69 bits per heavy atom. The Bertz CT molecular complexity index is 978. The molecule has 29 heavy (non-hydrogen) atoms. The molecule has 154 valence electrons. The maximum atomic E-state index is 12.8. The molecule has 1 unspecified atom stereocenters. The van der Waals surface area contributed by atoms with Crippen molar-refractivity contribution in [3.05, 3.63) is 59.7 Å². The molecule has 1 atom stereocenters. The highest BCUT2D eigenvalue weighted by atomic mass is 32.2. The Kier molecular flexibility index (Phi) is 5.73. The van der Waals surface area contributed by atoms with Crippen LogP contribution in [0.4, 0.5) is 0 Å². The molecule has 1 fully saturated rings. The molecule has 1 amide bonds. The summed E-state index contributed by atoms with van der Waals surface area (Å²) in [6.45, 7) is 1.26. The Balaban J connectivity index is 1.34. The SMILES string of the molecule is O=C(NCc1ccc2c(c1)OCO2)C1CCCN(S(=O)(=O)Cc2ccccc2)C1. The number of fused-ring (bicyclic) bond motifs is 1. The van der Waals surface area contributed by atoms with Gasteiger partial charge in [0.1, 0.15) is 0 Å². The molecule has 0 spiro atoms. The van der Waals surface area contributed by atoms with E-state index in [0.29, 0.717) is 37.4 Å². The van der Waals surface area contributed by atoms with Crippen LogP contribution in [-0.4, -0.2) is 38.5 Å². The number of nitrogens with zero attached hydrogens (tertiary/aromatic N) is 1. The van der Waals surface area contributed by atoms with Gasteiger partial charge >= 0.3 is 0 Å². The van der Waals surface area contributed by atoms with Crippen molar-refractivity contribution in [1.82, 2.24) is 9.62 Å². The molecule has 2 heterocycles. The van der Waals surface area contributed by atoms with Crippen molar-refractivity contribution in [3.63, 3.8) is 0 Å². The van der Waals surface area contributed by atoms with Crippen LogP contribution in [0.1, 0.15) is 24.0 Å². The van der Waals surface area contributed by atoms with Crippen molar-refractivity contribution >= 4 is 15.9 Å². The largest absolute Gasteiger partial charge is 0.454 e. The summed E-state index contributed by atoms with van der Waals surface area (Å²) in [5, 5.41) is 2.92. The molecular formula is C21H24N2O5S. The molecule has 0 bridgehead atoms. The topological polar surface area (TPSA) is 84.9 Å². The fourth-order valence-corrected chi connectivity index (χ4v) is 5.28. The van der Waals surface area contributed by atoms with Gasteiger partial charge in [-0.05, 0) is 36.1 Å². The summed E-state index contributed by atoms with van der Waals surface area (Å²) < 4.78 is 37.7. The van der Waals surface area contributed by atoms with Crippen molar-refractivity contribution in [2.24, 2.45) is 5.92 Å². The van der Waals surface area contributed by atoms with Gasteiger partial charge in [0.2, 0.25) is 22.7 Å². The zero-order chi connectivity index (χ0) is 20.3. The fourth-order valence-electron chi connectivity index (χ4n) is 3.67. The quantitative estimate of drug-likeness (QED) is 0.781. The highest BCUT2D eigenvalue weighted by molar-refractivity contribution is 7.88. The van der Waals surface area contributed by atoms with Crippen molar-refractivity contribution in [3.8, 4) is 11.5 Å². The minimum absolute atomic E-state index is 0.0423. The lowest BCUT2D eigenvalue weighted by molar-refractivity contribution is -0.126. The number of carbonyl (C=O) groups is 1. The van der Waals surface area contributed by atoms with Crippen molar-refractivity contribution < 1.29 is 22.7 Å². The third-order valence-corrected chi connectivity index (χ3v) is 7.06. The number of hydrogen-bond donors (Lipinski definition) is 1. The number of benzene rings is 2. The van der Waals surface area contributed by atoms with E-state index in [9.17, 15) is 13.2 Å². The number of sulfonamides is 1. The first-order chi connectivity index (χ1) is 14.0. The molecule has 0 aromatic heterocycles. The second-order valence-corrected chi connectivity index (χ2v) is 9.31. The summed E-state index contributed by atoms with van der Waals surface area (Å²) in [6.07, 6.45) is 1.36. The van der Waals surface area contributed by atoms with Gasteiger partial charge < -0.3 is 14.8 Å². The number of hydrogen-bond acceptors (Lipinski definition) is 5. The van der Waals surface area contributed by atoms with Crippen LogP contribution >= 0.6 is 0 Å². The zero-order valence-corrected chi connectivity index (χ0v) is 16.9. The van der Waals surface area contributed by atoms with Gasteiger partial charge in [-0.2, -0.15) is 0 Å². The minimum Gasteiger partial charge on any atom is -0.454 e. The van der Waals surface area contributed by atoms with E-state index in [2.05, 4.69) is 5.32 Å². The molecule has 1 N–H and O–H groups in total. The number of nitrogens with one attached hydrogen (secondary N) is 1. The van der Waals surface area contributed by atoms with Gasteiger partial charge in [0.05, 0.1) is 11.7 Å². The maximum absolute atomic E-state index is 12.8. The van der Waals surface area contributed by atoms with Crippen LogP contribution in [0.2, 0.25) is 0 Å². The molecule has 2 aliphatic heterocycles. The molecule has 8 heteroatoms. The van der Waals surface area contributed by atoms with Crippen LogP contribution in [0.25, 0.3) is 0 Å². The predicted octanol–water partition coefficient (Wildman–Crippen LogP) is 2.27. The molecular weight excluding hydrogens is 392 g/mol. The minimum atomic E-state index is -3.45. The summed E-state index contributed by atoms with van der Waals surface area (Å²) in [6, 6.07) is 14.7. The predicted molar refractivity (Wildman–Crippen MR) is 108 cm³/mol. The van der Waals surface area contributed by atoms with Gasteiger partial charge in [0.25, 0.3) is 0 Å². The standard InChI is InChI=1S/C21H24N2O5S/c24-21(22-12-17-8-9-19-20(11-17)28-15-27-19)18-7-4-10-23(13-18)29(25,26)14-16-5-2-1-3-6-16/h1-3,5-6,8-9,11,18H,4,7,10,12-15H2,(H,22,24). The number of rotatable bonds is 6. The molecule has 7 nitrogen and oxygen atoms in total. The van der Waals surface area contributed by atoms with E-state index in [1.54, 1.807) is 12.1 Å². The lowest BCUT2D eigenvalue weighted by Gasteiger charge is -2.31. The van der Waals surface area contributed by atoms with E-state index in [1.165, 1.54) is 4.31 Å². The van der Waals surface area contributed by atoms with Crippen LogP contribution in [0.3, 0.4) is 0 Å². The average molecular weight is 416 g/mol. The summed E-state index contributed by atoms with van der Waals surface area (Å²) in [7, 11) is -3.45. The lowest BCUT2D eigenvalue weighted by Crippen LogP contribution is -2.45. The summed E-state index contributed by atoms with van der Waals surface area (Å²) in [5.74, 6) is 0.865. The Hall–Kier alpha value is -2.58. The second-order valence-electron chi connectivity index (χ2n) is 7.34. The summed E-state index contributed by atoms with van der Waals surface area (Å²) in [5.41, 5.74) is 1.66. The molecule has 2 aliphatic rings. The highest BCUT2D eigenvalue weighted by Crippen LogP contribution is 2.32. The number of piperidine rings is 1. The normalized spacial score (nSPS) is 19.1. The Labute approximate surface area is 170 Å². The van der Waals surface area contributed by atoms with Crippen molar-refractivity contribution in [2.75, 3.05) is 19.9 Å². The Morgan fingerprint density at radius 1 is 1.07 bits per heavy atom. The number of amides is 1. The smallest absolute Gasteiger partial charge is 0.231 e. The van der Waals surface area contributed by atoms with Crippen LogP contribution in [0, 0.1) is 5.92 Å². The lowest BCUT2D eigenvalue weighted by atomic mass is 9.98. The van der Waals surface area contributed by atoms with Crippen molar-refractivity contribution in [2.45, 2.75) is 25.1 Å². The van der Waals surface area contributed by atoms with Gasteiger partial charge in [-0.1, -0.05) is 36.4 Å². The van der Waals surface area contributed by atoms with Gasteiger partial charge in [0, 0.05) is 19.6 Å². The zero-order valence-electron chi connectivity index (χ0n) is 16.0. The first-order valence-electron chi connectivity index (χ1n) is 9.69. The van der Waals surface area contributed by atoms with Crippen LogP contribution in [-0.2, 0) is 27.1 Å². The average Bonchev–Trinajstić information content (AvgIpc) is 3.20. The molecule has 2 aromatic rings. The first kappa shape index (κ1) is 19.7. The van der Waals surface area contributed by atoms with Gasteiger partial charge in [0.15, 0.2) is 11.5 Å². The van der Waals surface area contributed by atoms with E-state index in [-0.39, 0.29) is 30.9 Å². The molecule has 0 radical (unpaired) electrons. The van der Waals surface area contributed by atoms with Crippen LogP contribution in [0.5, 0.6) is 11.5 Å². The van der Waals surface area contributed by atoms with Crippen LogP contribution in [0.15, 0.2) is 48.5 Å². The summed E-state index contributed by atoms with van der Waals surface area (Å²) >= 11 is 0. The third-order valence-electron chi connectivity index (χ3n) is 5.24. The molecule has 0 saturated carbocycles. The number of ether oxygens (including phenoxy) is 2. The Morgan fingerprint density at radius 2 is 1.86 bits per heavy atom. The van der Waals surface area contributed by atoms with Gasteiger partial charge in [-0.3, -0.25) is 4.79 Å². The molecule has 0 aliphatic carbocycles. The molecule has 1 saturated heterocycles. The highest BCUT2D eigenvalue weighted by Gasteiger charge is 2.32. The fraction of sp³-hybridized carbons (Fsp3) is 0.381. The van der Waals surface area contributed by atoms with E-state index < -0.39 is 10.0 Å². The molecule has 4 rings (SSSR count). The maximum Gasteiger partial charge on any atom is 0.231 e. The van der Waals surface area contributed by atoms with Crippen molar-refractivity contribution in [1.29, 1.82) is 0 Å². The van der Waals surface area contributed by atoms with E-state index in [1.807, 2.05) is 36.4 Å². The van der Waals surface area contributed by atoms with E-state index >= 15 is 0 Å². The van der Waals surface area contributed by atoms with Gasteiger partial charge in [-0.25, -0.2) is 12.7 Å². The monoisotopic (exact) mass is 416 g/mol. The summed E-state index contributed by atoms with van der Waals surface area (Å²) in [4.78, 5) is 12.6. The van der Waals surface area contributed by atoms with E-state index in [0.717, 1.165) is 11.1 Å². The van der Waals surface area contributed by atoms with E-state index in [4.69, 9.17) is 9.47 Å². The van der Waals surface area contributed by atoms with Gasteiger partial charge in [-0.15, -0.1) is 0 Å². The molecule has 2 aromatic carbocycles. The number of carbonyl (C=O) groups excluding carboxylic acids is 1. The van der Waals surface area contributed by atoms with Crippen LogP contribution < -0.4 is 14.8 Å². The third kappa shape index (κ3) is 4.71. The first-order valence-corrected chi connectivity index (χ1v) is 11.3.